The highest BCUT2D eigenvalue weighted by molar-refractivity contribution is 7.73. The van der Waals surface area contributed by atoms with Crippen LogP contribution in [0, 0.1) is 0 Å². The van der Waals surface area contributed by atoms with Crippen molar-refractivity contribution in [3.8, 4) is 0 Å². The molecule has 0 amide bonds. The first-order chi connectivity index (χ1) is 9.63. The molecular weight excluding hydrogens is 278 g/mol. The molecular formula is C14H13NO4S. The smallest absolute Gasteiger partial charge is 0.337 e. The molecule has 2 aromatic rings. The van der Waals surface area contributed by atoms with Crippen LogP contribution in [0.1, 0.15) is 26.7 Å². The first kappa shape index (κ1) is 14.2. The molecule has 0 saturated heterocycles. The Labute approximate surface area is 118 Å². The number of esters is 1. The van der Waals surface area contributed by atoms with Crippen molar-refractivity contribution in [3.05, 3.63) is 65.5 Å². The van der Waals surface area contributed by atoms with Crippen molar-refractivity contribution >= 4 is 16.7 Å². The number of benzene rings is 1. The normalized spacial score (nSPS) is 12.1. The van der Waals surface area contributed by atoms with Crippen LogP contribution in [0.15, 0.2) is 48.8 Å². The first-order valence-electron chi connectivity index (χ1n) is 5.85. The maximum atomic E-state index is 11.5. The third-order valence-corrected chi connectivity index (χ3v) is 3.88. The fourth-order valence-electron chi connectivity index (χ4n) is 1.89. The molecule has 104 valence electrons. The second kappa shape index (κ2) is 6.29. The molecule has 1 atom stereocenters. The van der Waals surface area contributed by atoms with E-state index in [1.807, 2.05) is 0 Å². The molecule has 1 heterocycles. The van der Waals surface area contributed by atoms with E-state index >= 15 is 0 Å². The molecule has 6 heteroatoms. The van der Waals surface area contributed by atoms with Gasteiger partial charge in [0.05, 0.1) is 12.7 Å². The van der Waals surface area contributed by atoms with E-state index in [4.69, 9.17) is 0 Å². The highest BCUT2D eigenvalue weighted by Gasteiger charge is 2.18. The molecule has 2 rings (SSSR count). The molecule has 0 N–H and O–H groups in total. The van der Waals surface area contributed by atoms with Crippen LogP contribution in [0.25, 0.3) is 0 Å². The predicted octanol–water partition coefficient (Wildman–Crippen LogP) is 1.57. The number of pyridine rings is 1. The number of hydrogen-bond donors (Lipinski definition) is 1. The number of carbonyl (C=O) groups excluding carboxylic acids is 1. The summed E-state index contributed by atoms with van der Waals surface area (Å²) in [4.78, 5) is 15.3. The number of thiol groups is 1. The summed E-state index contributed by atoms with van der Waals surface area (Å²) in [6.45, 7) is 0. The summed E-state index contributed by atoms with van der Waals surface area (Å²) in [6.07, 6.45) is 3.10. The molecule has 0 aliphatic rings. The zero-order chi connectivity index (χ0) is 14.5. The zero-order valence-electron chi connectivity index (χ0n) is 10.7. The van der Waals surface area contributed by atoms with Crippen molar-refractivity contribution in [1.82, 2.24) is 4.98 Å². The average Bonchev–Trinajstić information content (AvgIpc) is 2.48. The molecule has 1 aromatic heterocycles. The second-order valence-corrected chi connectivity index (χ2v) is 5.17. The molecule has 20 heavy (non-hydrogen) atoms. The van der Waals surface area contributed by atoms with Gasteiger partial charge in [0.2, 0.25) is 0 Å². The van der Waals surface area contributed by atoms with Gasteiger partial charge in [0.25, 0.3) is 0 Å². The largest absolute Gasteiger partial charge is 0.465 e. The van der Waals surface area contributed by atoms with Crippen LogP contribution < -0.4 is 0 Å². The van der Waals surface area contributed by atoms with E-state index in [1.54, 1.807) is 42.6 Å². The Morgan fingerprint density at radius 3 is 2.35 bits per heavy atom. The molecule has 0 radical (unpaired) electrons. The molecule has 1 aromatic carbocycles. The molecule has 0 aliphatic carbocycles. The van der Waals surface area contributed by atoms with Gasteiger partial charge in [-0.25, -0.2) is 13.2 Å². The van der Waals surface area contributed by atoms with E-state index in [2.05, 4.69) is 9.72 Å². The molecule has 5 nitrogen and oxygen atoms in total. The molecule has 0 fully saturated rings. The minimum atomic E-state index is -2.70. The van der Waals surface area contributed by atoms with E-state index in [1.165, 1.54) is 13.3 Å². The lowest BCUT2D eigenvalue weighted by atomic mass is 10.0. The Kier molecular flexibility index (Phi) is 4.47. The van der Waals surface area contributed by atoms with Crippen molar-refractivity contribution in [2.75, 3.05) is 7.11 Å². The lowest BCUT2D eigenvalue weighted by molar-refractivity contribution is 0.0600. The van der Waals surface area contributed by atoms with Crippen molar-refractivity contribution in [3.63, 3.8) is 0 Å². The Bertz CT molecular complexity index is 657. The summed E-state index contributed by atoms with van der Waals surface area (Å²) < 4.78 is 27.6. The Hall–Kier alpha value is -2.21. The van der Waals surface area contributed by atoms with E-state index in [9.17, 15) is 13.2 Å². The van der Waals surface area contributed by atoms with Crippen LogP contribution in [-0.2, 0) is 15.4 Å². The highest BCUT2D eigenvalue weighted by atomic mass is 32.2. The monoisotopic (exact) mass is 291 g/mol. The fraction of sp³-hybridized carbons (Fsp3) is 0.143. The van der Waals surface area contributed by atoms with Gasteiger partial charge in [-0.15, -0.1) is 0 Å². The van der Waals surface area contributed by atoms with Gasteiger partial charge in [0.1, 0.15) is 5.25 Å². The fourth-order valence-corrected chi connectivity index (χ4v) is 2.70. The lowest BCUT2D eigenvalue weighted by Crippen LogP contribution is -2.05. The van der Waals surface area contributed by atoms with Gasteiger partial charge in [0, 0.05) is 12.4 Å². The van der Waals surface area contributed by atoms with Gasteiger partial charge in [-0.1, -0.05) is 18.2 Å². The van der Waals surface area contributed by atoms with Crippen LogP contribution in [0.5, 0.6) is 0 Å². The van der Waals surface area contributed by atoms with E-state index in [0.29, 0.717) is 16.7 Å². The summed E-state index contributed by atoms with van der Waals surface area (Å²) in [5.41, 5.74) is 1.55. The summed E-state index contributed by atoms with van der Waals surface area (Å²) in [7, 11) is -1.41. The summed E-state index contributed by atoms with van der Waals surface area (Å²) in [6, 6.07) is 9.69. The van der Waals surface area contributed by atoms with Crippen molar-refractivity contribution in [1.29, 1.82) is 0 Å². The third-order valence-electron chi connectivity index (χ3n) is 2.86. The first-order valence-corrected chi connectivity index (χ1v) is 7.10. The van der Waals surface area contributed by atoms with Gasteiger partial charge in [-0.2, -0.15) is 0 Å². The zero-order valence-corrected chi connectivity index (χ0v) is 11.6. The molecule has 0 saturated carbocycles. The van der Waals surface area contributed by atoms with Gasteiger partial charge < -0.3 is 4.74 Å². The van der Waals surface area contributed by atoms with Gasteiger partial charge in [0.15, 0.2) is 10.7 Å². The number of aromatic nitrogens is 1. The molecule has 0 spiro atoms. The maximum Gasteiger partial charge on any atom is 0.337 e. The minimum absolute atomic E-state index is 0.377. The number of carbonyl (C=O) groups is 1. The average molecular weight is 291 g/mol. The Balaban J connectivity index is 2.39. The van der Waals surface area contributed by atoms with Crippen LogP contribution in [0.2, 0.25) is 0 Å². The summed E-state index contributed by atoms with van der Waals surface area (Å²) >= 11 is 0. The van der Waals surface area contributed by atoms with Crippen LogP contribution in [0.4, 0.5) is 0 Å². The minimum Gasteiger partial charge on any atom is -0.465 e. The van der Waals surface area contributed by atoms with Gasteiger partial charge >= 0.3 is 5.97 Å². The number of hydrogen-bond acceptors (Lipinski definition) is 5. The quantitative estimate of drug-likeness (QED) is 0.683. The predicted molar refractivity (Wildman–Crippen MR) is 74.2 cm³/mol. The maximum absolute atomic E-state index is 11.5. The standard InChI is InChI=1S/C14H13NO4S/c1-19-14(16)11-6-4-10(5-7-11)13(20(17)18)12-3-2-8-15-9-12/h2-9,13,20H,1H3. The second-order valence-electron chi connectivity index (χ2n) is 4.09. The Morgan fingerprint density at radius 2 is 1.85 bits per heavy atom. The summed E-state index contributed by atoms with van der Waals surface area (Å²) in [5.74, 6) is -0.457. The van der Waals surface area contributed by atoms with Crippen LogP contribution >= 0.6 is 0 Å². The van der Waals surface area contributed by atoms with Crippen LogP contribution in [0.3, 0.4) is 0 Å². The highest BCUT2D eigenvalue weighted by Crippen LogP contribution is 2.25. The van der Waals surface area contributed by atoms with Gasteiger partial charge in [-0.05, 0) is 29.3 Å². The lowest BCUT2D eigenvalue weighted by Gasteiger charge is -2.11. The SMILES string of the molecule is COC(=O)c1ccc(C(c2cccnc2)[SH](=O)=O)cc1. The van der Waals surface area contributed by atoms with Crippen molar-refractivity contribution in [2.45, 2.75) is 5.25 Å². The summed E-state index contributed by atoms with van der Waals surface area (Å²) in [5, 5.41) is -0.773. The number of nitrogens with zero attached hydrogens (tertiary/aromatic N) is 1. The number of rotatable bonds is 4. The molecule has 0 bridgehead atoms. The van der Waals surface area contributed by atoms with Crippen molar-refractivity contribution < 1.29 is 17.9 Å². The third kappa shape index (κ3) is 3.03. The number of ether oxygens (including phenoxy) is 1. The van der Waals surface area contributed by atoms with E-state index < -0.39 is 21.9 Å². The molecule has 0 aliphatic heterocycles. The van der Waals surface area contributed by atoms with Crippen LogP contribution in [-0.4, -0.2) is 26.5 Å². The number of methoxy groups -OCH3 is 1. The van der Waals surface area contributed by atoms with E-state index in [-0.39, 0.29) is 0 Å². The Morgan fingerprint density at radius 1 is 1.15 bits per heavy atom. The van der Waals surface area contributed by atoms with Gasteiger partial charge in [-0.3, -0.25) is 4.98 Å². The molecule has 1 unspecified atom stereocenters. The van der Waals surface area contributed by atoms with Crippen molar-refractivity contribution in [2.24, 2.45) is 0 Å². The topological polar surface area (TPSA) is 73.3 Å². The van der Waals surface area contributed by atoms with E-state index in [0.717, 1.165) is 0 Å².